The zero-order valence-electron chi connectivity index (χ0n) is 15.1. The Morgan fingerprint density at radius 3 is 3.07 bits per heavy atom. The van der Waals surface area contributed by atoms with Gasteiger partial charge in [-0.3, -0.25) is 4.79 Å². The lowest BCUT2D eigenvalue weighted by Gasteiger charge is -2.16. The third-order valence-electron chi connectivity index (χ3n) is 4.34. The number of para-hydroxylation sites is 1. The molecule has 1 aromatic carbocycles. The molecule has 0 fully saturated rings. The first-order valence-corrected chi connectivity index (χ1v) is 8.56. The molecule has 3 heterocycles. The summed E-state index contributed by atoms with van der Waals surface area (Å²) in [6, 6.07) is 7.57. The van der Waals surface area contributed by atoms with Crippen LogP contribution in [-0.4, -0.2) is 47.8 Å². The number of nitrogens with one attached hydrogen (secondary N) is 3. The van der Waals surface area contributed by atoms with Gasteiger partial charge < -0.3 is 25.4 Å². The molecule has 0 spiro atoms. The second kappa shape index (κ2) is 7.12. The number of anilines is 3. The molecule has 9 nitrogen and oxygen atoms in total. The van der Waals surface area contributed by atoms with Crippen LogP contribution in [0.1, 0.15) is 16.1 Å². The lowest BCUT2D eigenvalue weighted by molar-refractivity contribution is 0.0895. The van der Waals surface area contributed by atoms with Gasteiger partial charge in [-0.25, -0.2) is 9.50 Å². The van der Waals surface area contributed by atoms with Crippen LogP contribution in [0.25, 0.3) is 5.65 Å². The van der Waals surface area contributed by atoms with Gasteiger partial charge in [-0.05, 0) is 6.07 Å². The average Bonchev–Trinajstić information content (AvgIpc) is 3.11. The van der Waals surface area contributed by atoms with E-state index in [9.17, 15) is 4.79 Å². The number of carbonyl (C=O) groups excluding carboxylic acids is 1. The predicted octanol–water partition coefficient (Wildman–Crippen LogP) is 1.78. The Balaban J connectivity index is 1.90. The Labute approximate surface area is 155 Å². The number of hydrogen-bond donors (Lipinski definition) is 3. The molecule has 0 unspecified atom stereocenters. The minimum atomic E-state index is -0.257. The number of ether oxygens (including phenoxy) is 2. The van der Waals surface area contributed by atoms with Gasteiger partial charge in [0.15, 0.2) is 17.2 Å². The van der Waals surface area contributed by atoms with E-state index in [0.717, 1.165) is 16.9 Å². The summed E-state index contributed by atoms with van der Waals surface area (Å²) in [7, 11) is 3.41. The Hall–Kier alpha value is -3.33. The number of amides is 1. The van der Waals surface area contributed by atoms with Crippen LogP contribution in [0.3, 0.4) is 0 Å². The lowest BCUT2D eigenvalue weighted by atomic mass is 10.1. The number of nitrogens with zero attached hydrogens (tertiary/aromatic N) is 3. The first kappa shape index (κ1) is 17.1. The summed E-state index contributed by atoms with van der Waals surface area (Å²) in [5.41, 5.74) is 3.37. The summed E-state index contributed by atoms with van der Waals surface area (Å²) in [6.07, 6.45) is 1.51. The Kier molecular flexibility index (Phi) is 4.51. The predicted molar refractivity (Wildman–Crippen MR) is 101 cm³/mol. The van der Waals surface area contributed by atoms with Crippen LogP contribution in [0.4, 0.5) is 17.2 Å². The fraction of sp³-hybridized carbons (Fsp3) is 0.278. The second-order valence-corrected chi connectivity index (χ2v) is 6.00. The smallest absolute Gasteiger partial charge is 0.271 e. The van der Waals surface area contributed by atoms with Crippen molar-refractivity contribution in [2.45, 2.75) is 6.61 Å². The van der Waals surface area contributed by atoms with Crippen LogP contribution in [0, 0.1) is 0 Å². The van der Waals surface area contributed by atoms with Crippen molar-refractivity contribution in [3.63, 3.8) is 0 Å². The number of carbonyl (C=O) groups is 1. The minimum absolute atomic E-state index is 0.257. The first-order valence-electron chi connectivity index (χ1n) is 8.56. The van der Waals surface area contributed by atoms with E-state index in [1.54, 1.807) is 14.2 Å². The van der Waals surface area contributed by atoms with Crippen LogP contribution >= 0.6 is 0 Å². The summed E-state index contributed by atoms with van der Waals surface area (Å²) >= 11 is 0. The number of imidazole rings is 1. The molecular weight excluding hydrogens is 348 g/mol. The maximum absolute atomic E-state index is 12.5. The SMILES string of the molecule is CNc1cc2nn3c(cnc13)C(=O)NCCOCc1cccc(OC)c1N2. The monoisotopic (exact) mass is 368 g/mol. The summed E-state index contributed by atoms with van der Waals surface area (Å²) < 4.78 is 12.7. The van der Waals surface area contributed by atoms with Crippen LogP contribution in [0.5, 0.6) is 5.75 Å². The van der Waals surface area contributed by atoms with Crippen molar-refractivity contribution >= 4 is 28.7 Å². The third-order valence-corrected chi connectivity index (χ3v) is 4.34. The van der Waals surface area contributed by atoms with Gasteiger partial charge in [0.2, 0.25) is 0 Å². The van der Waals surface area contributed by atoms with Crippen LogP contribution in [-0.2, 0) is 11.3 Å². The Morgan fingerprint density at radius 2 is 2.26 bits per heavy atom. The van der Waals surface area contributed by atoms with E-state index in [1.165, 1.54) is 10.7 Å². The zero-order chi connectivity index (χ0) is 18.8. The number of rotatable bonds is 2. The van der Waals surface area contributed by atoms with Crippen molar-refractivity contribution in [3.05, 3.63) is 41.7 Å². The van der Waals surface area contributed by atoms with Gasteiger partial charge in [0.1, 0.15) is 5.75 Å². The van der Waals surface area contributed by atoms with Crippen molar-refractivity contribution in [2.24, 2.45) is 0 Å². The van der Waals surface area contributed by atoms with E-state index >= 15 is 0 Å². The molecule has 1 amide bonds. The van der Waals surface area contributed by atoms with Crippen LogP contribution in [0.15, 0.2) is 30.5 Å². The summed E-state index contributed by atoms with van der Waals surface area (Å²) in [4.78, 5) is 16.8. The second-order valence-electron chi connectivity index (χ2n) is 6.00. The maximum atomic E-state index is 12.5. The van der Waals surface area contributed by atoms with Gasteiger partial charge in [-0.2, -0.15) is 0 Å². The van der Waals surface area contributed by atoms with Crippen molar-refractivity contribution in [2.75, 3.05) is 37.9 Å². The number of hydrogen-bond acceptors (Lipinski definition) is 7. The Morgan fingerprint density at radius 1 is 1.37 bits per heavy atom. The topological polar surface area (TPSA) is 102 Å². The van der Waals surface area contributed by atoms with Gasteiger partial charge in [0.05, 0.1) is 37.9 Å². The minimum Gasteiger partial charge on any atom is -0.495 e. The largest absolute Gasteiger partial charge is 0.495 e. The van der Waals surface area contributed by atoms with Crippen molar-refractivity contribution < 1.29 is 14.3 Å². The molecule has 140 valence electrons. The Bertz CT molecular complexity index is 1000. The van der Waals surface area contributed by atoms with Crippen molar-refractivity contribution in [1.29, 1.82) is 0 Å². The standard InChI is InChI=1S/C18H20N6O3/c1-19-12-8-15-22-16-11(4-3-5-14(16)26-2)10-27-7-6-20-18(25)13-9-21-17(12)24(13)23-15/h3-5,8-9,19H,6-7,10H2,1-2H3,(H,20,25)(H,22,23). The molecule has 9 heteroatoms. The molecule has 0 radical (unpaired) electrons. The molecule has 0 atom stereocenters. The van der Waals surface area contributed by atoms with Crippen LogP contribution < -0.4 is 20.7 Å². The molecule has 4 rings (SSSR count). The number of fused-ring (bicyclic) bond motifs is 2. The van der Waals surface area contributed by atoms with Crippen molar-refractivity contribution in [3.8, 4) is 5.75 Å². The summed E-state index contributed by atoms with van der Waals surface area (Å²) in [6.45, 7) is 1.15. The van der Waals surface area contributed by atoms with Gasteiger partial charge in [-0.1, -0.05) is 12.1 Å². The fourth-order valence-corrected chi connectivity index (χ4v) is 3.01. The number of benzene rings is 1. The molecule has 2 bridgehead atoms. The zero-order valence-corrected chi connectivity index (χ0v) is 15.1. The van der Waals surface area contributed by atoms with E-state index in [4.69, 9.17) is 9.47 Å². The van der Waals surface area contributed by atoms with Gasteiger partial charge >= 0.3 is 0 Å². The van der Waals surface area contributed by atoms with E-state index in [0.29, 0.717) is 42.7 Å². The molecule has 3 aromatic rings. The molecule has 0 saturated heterocycles. The molecular formula is C18H20N6O3. The van der Waals surface area contributed by atoms with Gasteiger partial charge in [0, 0.05) is 25.2 Å². The molecule has 2 aromatic heterocycles. The number of methoxy groups -OCH3 is 1. The third kappa shape index (κ3) is 3.13. The molecule has 0 saturated carbocycles. The van der Waals surface area contributed by atoms with Crippen LogP contribution in [0.2, 0.25) is 0 Å². The normalized spacial score (nSPS) is 14.4. The van der Waals surface area contributed by atoms with Crippen molar-refractivity contribution in [1.82, 2.24) is 19.9 Å². The molecule has 1 aliphatic heterocycles. The highest BCUT2D eigenvalue weighted by molar-refractivity contribution is 5.94. The molecule has 1 aliphatic rings. The fourth-order valence-electron chi connectivity index (χ4n) is 3.01. The quantitative estimate of drug-likeness (QED) is 0.634. The summed E-state index contributed by atoms with van der Waals surface area (Å²) in [5, 5.41) is 13.8. The van der Waals surface area contributed by atoms with Gasteiger partial charge in [-0.15, -0.1) is 5.10 Å². The van der Waals surface area contributed by atoms with Gasteiger partial charge in [0.25, 0.3) is 5.91 Å². The average molecular weight is 368 g/mol. The summed E-state index contributed by atoms with van der Waals surface area (Å²) in [5.74, 6) is 0.968. The highest BCUT2D eigenvalue weighted by Gasteiger charge is 2.18. The highest BCUT2D eigenvalue weighted by atomic mass is 16.5. The van der Waals surface area contributed by atoms with E-state index in [2.05, 4.69) is 26.0 Å². The number of aromatic nitrogens is 3. The molecule has 27 heavy (non-hydrogen) atoms. The van der Waals surface area contributed by atoms with E-state index in [1.807, 2.05) is 24.3 Å². The first-order chi connectivity index (χ1) is 13.2. The molecule has 0 aliphatic carbocycles. The lowest BCUT2D eigenvalue weighted by Crippen LogP contribution is -2.28. The van der Waals surface area contributed by atoms with E-state index in [-0.39, 0.29) is 5.91 Å². The van der Waals surface area contributed by atoms with E-state index < -0.39 is 0 Å². The maximum Gasteiger partial charge on any atom is 0.271 e. The highest BCUT2D eigenvalue weighted by Crippen LogP contribution is 2.32. The molecule has 3 N–H and O–H groups in total.